The Hall–Kier alpha value is -0.610. The van der Waals surface area contributed by atoms with Crippen molar-refractivity contribution in [2.24, 2.45) is 11.8 Å². The summed E-state index contributed by atoms with van der Waals surface area (Å²) in [7, 11) is 0. The third-order valence-corrected chi connectivity index (χ3v) is 2.44. The Bertz CT molecular complexity index is 163. The van der Waals surface area contributed by atoms with E-state index in [0.717, 1.165) is 19.4 Å². The van der Waals surface area contributed by atoms with E-state index in [4.69, 9.17) is 14.9 Å². The SMILES string of the molecule is O=C(O)C(CO)CC1CCCOC1. The van der Waals surface area contributed by atoms with Crippen molar-refractivity contribution in [2.75, 3.05) is 19.8 Å². The van der Waals surface area contributed by atoms with E-state index in [1.807, 2.05) is 0 Å². The lowest BCUT2D eigenvalue weighted by Gasteiger charge is -2.23. The van der Waals surface area contributed by atoms with E-state index in [1.165, 1.54) is 0 Å². The third kappa shape index (κ3) is 3.32. The fraction of sp³-hybridized carbons (Fsp3) is 0.889. The maximum Gasteiger partial charge on any atom is 0.308 e. The molecule has 2 N–H and O–H groups in total. The van der Waals surface area contributed by atoms with Gasteiger partial charge >= 0.3 is 5.97 Å². The number of hydrogen-bond donors (Lipinski definition) is 2. The lowest BCUT2D eigenvalue weighted by atomic mass is 9.91. The molecule has 4 heteroatoms. The van der Waals surface area contributed by atoms with Crippen molar-refractivity contribution in [1.82, 2.24) is 0 Å². The second kappa shape index (κ2) is 5.19. The predicted octanol–water partition coefficient (Wildman–Crippen LogP) is 0.496. The summed E-state index contributed by atoms with van der Waals surface area (Å²) in [5, 5.41) is 17.5. The summed E-state index contributed by atoms with van der Waals surface area (Å²) in [5.74, 6) is -1.22. The molecule has 1 fully saturated rings. The van der Waals surface area contributed by atoms with Gasteiger partial charge in [-0.05, 0) is 25.2 Å². The molecule has 0 aromatic heterocycles. The molecule has 0 spiro atoms. The first kappa shape index (κ1) is 10.5. The number of ether oxygens (including phenoxy) is 1. The minimum atomic E-state index is -0.909. The molecule has 0 amide bonds. The Labute approximate surface area is 77.5 Å². The summed E-state index contributed by atoms with van der Waals surface area (Å²) in [4.78, 5) is 10.6. The minimum absolute atomic E-state index is 0.272. The first-order valence-corrected chi connectivity index (χ1v) is 4.65. The highest BCUT2D eigenvalue weighted by Gasteiger charge is 2.23. The van der Waals surface area contributed by atoms with Crippen LogP contribution in [0.4, 0.5) is 0 Å². The highest BCUT2D eigenvalue weighted by Crippen LogP contribution is 2.21. The molecule has 0 saturated carbocycles. The fourth-order valence-corrected chi connectivity index (χ4v) is 1.65. The van der Waals surface area contributed by atoms with Crippen molar-refractivity contribution >= 4 is 5.97 Å². The Morgan fingerprint density at radius 2 is 2.38 bits per heavy atom. The molecule has 13 heavy (non-hydrogen) atoms. The first-order valence-electron chi connectivity index (χ1n) is 4.65. The first-order chi connectivity index (χ1) is 6.24. The topological polar surface area (TPSA) is 66.8 Å². The van der Waals surface area contributed by atoms with Gasteiger partial charge in [-0.25, -0.2) is 0 Å². The van der Waals surface area contributed by atoms with E-state index in [0.29, 0.717) is 18.9 Å². The normalized spacial score (nSPS) is 25.5. The van der Waals surface area contributed by atoms with Crippen molar-refractivity contribution in [2.45, 2.75) is 19.3 Å². The molecule has 1 aliphatic rings. The van der Waals surface area contributed by atoms with Crippen molar-refractivity contribution in [3.05, 3.63) is 0 Å². The molecule has 0 radical (unpaired) electrons. The molecule has 0 aromatic rings. The summed E-state index contributed by atoms with van der Waals surface area (Å²) >= 11 is 0. The van der Waals surface area contributed by atoms with Crippen LogP contribution in [0.25, 0.3) is 0 Å². The van der Waals surface area contributed by atoms with Gasteiger partial charge in [0.25, 0.3) is 0 Å². The number of carboxylic acid groups (broad SMARTS) is 1. The molecule has 0 aliphatic carbocycles. The molecule has 1 aliphatic heterocycles. The minimum Gasteiger partial charge on any atom is -0.481 e. The number of aliphatic hydroxyl groups is 1. The molecule has 2 atom stereocenters. The van der Waals surface area contributed by atoms with Gasteiger partial charge in [0.1, 0.15) is 0 Å². The monoisotopic (exact) mass is 188 g/mol. The van der Waals surface area contributed by atoms with E-state index in [-0.39, 0.29) is 6.61 Å². The van der Waals surface area contributed by atoms with Gasteiger partial charge in [0.2, 0.25) is 0 Å². The van der Waals surface area contributed by atoms with Crippen LogP contribution in [0.15, 0.2) is 0 Å². The van der Waals surface area contributed by atoms with Crippen molar-refractivity contribution in [3.63, 3.8) is 0 Å². The zero-order chi connectivity index (χ0) is 9.68. The molecule has 0 aromatic carbocycles. The largest absolute Gasteiger partial charge is 0.481 e. The summed E-state index contributed by atoms with van der Waals surface area (Å²) in [5.41, 5.74) is 0. The zero-order valence-corrected chi connectivity index (χ0v) is 7.61. The van der Waals surface area contributed by atoms with Crippen LogP contribution >= 0.6 is 0 Å². The highest BCUT2D eigenvalue weighted by atomic mass is 16.5. The average Bonchev–Trinajstić information content (AvgIpc) is 2.15. The zero-order valence-electron chi connectivity index (χ0n) is 7.61. The molecule has 0 bridgehead atoms. The molecular weight excluding hydrogens is 172 g/mol. The molecule has 4 nitrogen and oxygen atoms in total. The van der Waals surface area contributed by atoms with Crippen LogP contribution in [0.2, 0.25) is 0 Å². The van der Waals surface area contributed by atoms with Crippen LogP contribution < -0.4 is 0 Å². The fourth-order valence-electron chi connectivity index (χ4n) is 1.65. The average molecular weight is 188 g/mol. The molecule has 1 heterocycles. The number of aliphatic hydroxyl groups excluding tert-OH is 1. The van der Waals surface area contributed by atoms with Crippen LogP contribution in [-0.4, -0.2) is 36.0 Å². The molecule has 1 saturated heterocycles. The Balaban J connectivity index is 2.31. The van der Waals surface area contributed by atoms with Gasteiger partial charge in [-0.1, -0.05) is 0 Å². The smallest absolute Gasteiger partial charge is 0.308 e. The predicted molar refractivity (Wildman–Crippen MR) is 46.4 cm³/mol. The van der Waals surface area contributed by atoms with E-state index in [9.17, 15) is 4.79 Å². The quantitative estimate of drug-likeness (QED) is 0.674. The maximum absolute atomic E-state index is 10.6. The lowest BCUT2D eigenvalue weighted by molar-refractivity contribution is -0.144. The summed E-state index contributed by atoms with van der Waals surface area (Å²) < 4.78 is 5.23. The van der Waals surface area contributed by atoms with Gasteiger partial charge in [-0.15, -0.1) is 0 Å². The van der Waals surface area contributed by atoms with E-state index >= 15 is 0 Å². The van der Waals surface area contributed by atoms with Crippen molar-refractivity contribution < 1.29 is 19.7 Å². The van der Waals surface area contributed by atoms with E-state index < -0.39 is 11.9 Å². The van der Waals surface area contributed by atoms with Gasteiger partial charge in [0.15, 0.2) is 0 Å². The van der Waals surface area contributed by atoms with Crippen LogP contribution in [0.1, 0.15) is 19.3 Å². The van der Waals surface area contributed by atoms with Gasteiger partial charge in [-0.3, -0.25) is 4.79 Å². The van der Waals surface area contributed by atoms with Gasteiger partial charge < -0.3 is 14.9 Å². The summed E-state index contributed by atoms with van der Waals surface area (Å²) in [6, 6.07) is 0. The Morgan fingerprint density at radius 3 is 2.85 bits per heavy atom. The second-order valence-electron chi connectivity index (χ2n) is 3.54. The molecule has 2 unspecified atom stereocenters. The Kier molecular flexibility index (Phi) is 4.18. The van der Waals surface area contributed by atoms with Gasteiger partial charge in [0, 0.05) is 13.2 Å². The molecule has 76 valence electrons. The molecule has 1 rings (SSSR count). The van der Waals surface area contributed by atoms with Crippen LogP contribution in [0.5, 0.6) is 0 Å². The number of carboxylic acids is 1. The third-order valence-electron chi connectivity index (χ3n) is 2.44. The summed E-state index contributed by atoms with van der Waals surface area (Å²) in [6.45, 7) is 1.16. The highest BCUT2D eigenvalue weighted by molar-refractivity contribution is 5.70. The number of rotatable bonds is 4. The van der Waals surface area contributed by atoms with E-state index in [1.54, 1.807) is 0 Å². The number of aliphatic carboxylic acids is 1. The van der Waals surface area contributed by atoms with Crippen LogP contribution in [0, 0.1) is 11.8 Å². The van der Waals surface area contributed by atoms with Gasteiger partial charge in [0.05, 0.1) is 12.5 Å². The molecular formula is C9H16O4. The van der Waals surface area contributed by atoms with Crippen molar-refractivity contribution in [1.29, 1.82) is 0 Å². The summed E-state index contributed by atoms with van der Waals surface area (Å²) in [6.07, 6.45) is 2.55. The standard InChI is InChI=1S/C9H16O4/c10-5-8(9(11)12)4-7-2-1-3-13-6-7/h7-8,10H,1-6H2,(H,11,12). The van der Waals surface area contributed by atoms with Gasteiger partial charge in [-0.2, -0.15) is 0 Å². The number of hydrogen-bond acceptors (Lipinski definition) is 3. The second-order valence-corrected chi connectivity index (χ2v) is 3.54. The van der Waals surface area contributed by atoms with E-state index in [2.05, 4.69) is 0 Å². The Morgan fingerprint density at radius 1 is 1.62 bits per heavy atom. The van der Waals surface area contributed by atoms with Crippen LogP contribution in [-0.2, 0) is 9.53 Å². The van der Waals surface area contributed by atoms with Crippen molar-refractivity contribution in [3.8, 4) is 0 Å². The lowest BCUT2D eigenvalue weighted by Crippen LogP contribution is -2.26. The number of carbonyl (C=O) groups is 1. The maximum atomic E-state index is 10.6. The van der Waals surface area contributed by atoms with Crippen LogP contribution in [0.3, 0.4) is 0 Å².